The Morgan fingerprint density at radius 2 is 2.33 bits per heavy atom. The van der Waals surface area contributed by atoms with Gasteiger partial charge in [-0.2, -0.15) is 11.8 Å². The van der Waals surface area contributed by atoms with Crippen LogP contribution >= 0.6 is 11.8 Å². The molecule has 1 aromatic heterocycles. The minimum atomic E-state index is 0.634. The minimum absolute atomic E-state index is 0.634. The lowest BCUT2D eigenvalue weighted by molar-refractivity contribution is 0.0820. The van der Waals surface area contributed by atoms with Gasteiger partial charge in [0.25, 0.3) is 0 Å². The van der Waals surface area contributed by atoms with Gasteiger partial charge in [0, 0.05) is 24.5 Å². The van der Waals surface area contributed by atoms with Crippen LogP contribution in [0.5, 0.6) is 0 Å². The van der Waals surface area contributed by atoms with Gasteiger partial charge in [-0.25, -0.2) is 0 Å². The summed E-state index contributed by atoms with van der Waals surface area (Å²) in [5.74, 6) is 1.35. The molecule has 0 spiro atoms. The second kappa shape index (κ2) is 5.30. The van der Waals surface area contributed by atoms with Gasteiger partial charge in [-0.15, -0.1) is 0 Å². The molecule has 2 heterocycles. The van der Waals surface area contributed by atoms with Crippen LogP contribution in [-0.4, -0.2) is 35.0 Å². The third kappa shape index (κ3) is 2.35. The molecule has 1 aliphatic heterocycles. The zero-order valence-electron chi connectivity index (χ0n) is 11.3. The molecule has 1 saturated carbocycles. The van der Waals surface area contributed by atoms with Crippen LogP contribution in [0.15, 0.2) is 18.3 Å². The zero-order chi connectivity index (χ0) is 12.4. The van der Waals surface area contributed by atoms with E-state index in [1.54, 1.807) is 0 Å². The van der Waals surface area contributed by atoms with Gasteiger partial charge in [0.2, 0.25) is 0 Å². The van der Waals surface area contributed by atoms with Gasteiger partial charge < -0.3 is 4.98 Å². The molecule has 0 radical (unpaired) electrons. The van der Waals surface area contributed by atoms with E-state index in [-0.39, 0.29) is 0 Å². The lowest BCUT2D eigenvalue weighted by Gasteiger charge is -2.45. The van der Waals surface area contributed by atoms with E-state index in [0.717, 1.165) is 0 Å². The van der Waals surface area contributed by atoms with E-state index in [0.29, 0.717) is 11.5 Å². The molecule has 0 amide bonds. The van der Waals surface area contributed by atoms with Crippen molar-refractivity contribution < 1.29 is 0 Å². The second-order valence-corrected chi connectivity index (χ2v) is 6.91. The van der Waals surface area contributed by atoms with Crippen LogP contribution < -0.4 is 0 Å². The van der Waals surface area contributed by atoms with Crippen molar-refractivity contribution in [1.82, 2.24) is 9.88 Å². The number of rotatable bonds is 5. The first kappa shape index (κ1) is 12.6. The number of likely N-dealkylation sites (tertiary alicyclic amines) is 1. The molecule has 2 aliphatic rings. The summed E-state index contributed by atoms with van der Waals surface area (Å²) in [6, 6.07) is 5.04. The number of thioether (sulfide) groups is 1. The van der Waals surface area contributed by atoms with Crippen LogP contribution in [0.3, 0.4) is 0 Å². The van der Waals surface area contributed by atoms with Crippen molar-refractivity contribution in [3.05, 3.63) is 24.0 Å². The predicted molar refractivity (Wildman–Crippen MR) is 79.0 cm³/mol. The molecular formula is C15H24N2S. The van der Waals surface area contributed by atoms with Crippen LogP contribution in [0.1, 0.15) is 43.8 Å². The monoisotopic (exact) mass is 264 g/mol. The van der Waals surface area contributed by atoms with E-state index in [1.807, 2.05) is 11.8 Å². The van der Waals surface area contributed by atoms with Crippen LogP contribution in [0.4, 0.5) is 0 Å². The van der Waals surface area contributed by atoms with Crippen molar-refractivity contribution in [2.24, 2.45) is 5.41 Å². The van der Waals surface area contributed by atoms with E-state index in [1.165, 1.54) is 56.6 Å². The predicted octanol–water partition coefficient (Wildman–Crippen LogP) is 3.68. The number of nitrogens with one attached hydrogen (secondary N) is 1. The van der Waals surface area contributed by atoms with Gasteiger partial charge in [-0.1, -0.05) is 6.42 Å². The standard InChI is InChI=1S/C15H24N2S/c1-18-12-15(7-4-8-15)11-17-10-3-6-14(17)13-5-2-9-16-13/h2,5,9,14,16H,3-4,6-8,10-12H2,1H3. The Balaban J connectivity index is 1.68. The average molecular weight is 264 g/mol. The smallest absolute Gasteiger partial charge is 0.0499 e. The Hall–Kier alpha value is -0.410. The van der Waals surface area contributed by atoms with Crippen molar-refractivity contribution in [1.29, 1.82) is 0 Å². The Labute approximate surface area is 115 Å². The van der Waals surface area contributed by atoms with Crippen molar-refractivity contribution >= 4 is 11.8 Å². The highest BCUT2D eigenvalue weighted by Crippen LogP contribution is 2.46. The zero-order valence-corrected chi connectivity index (χ0v) is 12.1. The molecule has 0 aromatic carbocycles. The van der Waals surface area contributed by atoms with Gasteiger partial charge in [0.1, 0.15) is 0 Å². The van der Waals surface area contributed by atoms with Crippen molar-refractivity contribution in [3.63, 3.8) is 0 Å². The first-order valence-electron chi connectivity index (χ1n) is 7.19. The SMILES string of the molecule is CSCC1(CN2CCCC2c2ccc[nH]2)CCC1. The van der Waals surface area contributed by atoms with E-state index >= 15 is 0 Å². The summed E-state index contributed by atoms with van der Waals surface area (Å²) in [6.07, 6.45) is 11.3. The first-order valence-corrected chi connectivity index (χ1v) is 8.59. The number of aromatic amines is 1. The molecule has 0 bridgehead atoms. The quantitative estimate of drug-likeness (QED) is 0.874. The Bertz CT molecular complexity index is 370. The molecule has 100 valence electrons. The first-order chi connectivity index (χ1) is 8.83. The summed E-state index contributed by atoms with van der Waals surface area (Å²) >= 11 is 2.03. The molecule has 1 saturated heterocycles. The summed E-state index contributed by atoms with van der Waals surface area (Å²) < 4.78 is 0. The minimum Gasteiger partial charge on any atom is -0.364 e. The van der Waals surface area contributed by atoms with E-state index in [4.69, 9.17) is 0 Å². The second-order valence-electron chi connectivity index (χ2n) is 6.04. The van der Waals surface area contributed by atoms with E-state index < -0.39 is 0 Å². The molecule has 1 atom stereocenters. The topological polar surface area (TPSA) is 19.0 Å². The van der Waals surface area contributed by atoms with Crippen LogP contribution in [0.2, 0.25) is 0 Å². The number of nitrogens with zero attached hydrogens (tertiary/aromatic N) is 1. The largest absolute Gasteiger partial charge is 0.364 e. The fourth-order valence-electron chi connectivity index (χ4n) is 3.68. The molecule has 18 heavy (non-hydrogen) atoms. The summed E-state index contributed by atoms with van der Waals surface area (Å²) in [4.78, 5) is 6.15. The molecule has 3 rings (SSSR count). The highest BCUT2D eigenvalue weighted by atomic mass is 32.2. The Kier molecular flexibility index (Phi) is 3.71. The van der Waals surface area contributed by atoms with Gasteiger partial charge in [0.15, 0.2) is 0 Å². The molecule has 3 heteroatoms. The van der Waals surface area contributed by atoms with E-state index in [2.05, 4.69) is 34.5 Å². The third-order valence-corrected chi connectivity index (χ3v) is 5.65. The molecular weight excluding hydrogens is 240 g/mol. The fraction of sp³-hybridized carbons (Fsp3) is 0.733. The van der Waals surface area contributed by atoms with E-state index in [9.17, 15) is 0 Å². The molecule has 1 aromatic rings. The highest BCUT2D eigenvalue weighted by Gasteiger charge is 2.40. The molecule has 2 nitrogen and oxygen atoms in total. The lowest BCUT2D eigenvalue weighted by Crippen LogP contribution is -2.43. The van der Waals surface area contributed by atoms with Gasteiger partial charge in [-0.3, -0.25) is 4.90 Å². The highest BCUT2D eigenvalue weighted by molar-refractivity contribution is 7.98. The number of hydrogen-bond acceptors (Lipinski definition) is 2. The van der Waals surface area contributed by atoms with Crippen LogP contribution in [-0.2, 0) is 0 Å². The summed E-state index contributed by atoms with van der Waals surface area (Å²) in [5, 5.41) is 0. The number of aromatic nitrogens is 1. The summed E-state index contributed by atoms with van der Waals surface area (Å²) in [7, 11) is 0. The molecule has 2 fully saturated rings. The number of H-pyrrole nitrogens is 1. The Morgan fingerprint density at radius 1 is 1.44 bits per heavy atom. The normalized spacial score (nSPS) is 27.3. The summed E-state index contributed by atoms with van der Waals surface area (Å²) in [6.45, 7) is 2.61. The molecule has 1 N–H and O–H groups in total. The maximum Gasteiger partial charge on any atom is 0.0499 e. The fourth-order valence-corrected chi connectivity index (χ4v) is 4.67. The lowest BCUT2D eigenvalue weighted by atomic mass is 9.70. The number of hydrogen-bond donors (Lipinski definition) is 1. The van der Waals surface area contributed by atoms with Crippen molar-refractivity contribution in [3.8, 4) is 0 Å². The van der Waals surface area contributed by atoms with Gasteiger partial charge >= 0.3 is 0 Å². The molecule has 1 aliphatic carbocycles. The third-order valence-electron chi connectivity index (χ3n) is 4.75. The summed E-state index contributed by atoms with van der Waals surface area (Å²) in [5.41, 5.74) is 2.06. The van der Waals surface area contributed by atoms with Gasteiger partial charge in [0.05, 0.1) is 0 Å². The van der Waals surface area contributed by atoms with Crippen LogP contribution in [0.25, 0.3) is 0 Å². The average Bonchev–Trinajstić information content (AvgIpc) is 2.95. The van der Waals surface area contributed by atoms with Crippen molar-refractivity contribution in [2.45, 2.75) is 38.1 Å². The maximum absolute atomic E-state index is 3.42. The Morgan fingerprint density at radius 3 is 2.94 bits per heavy atom. The maximum atomic E-state index is 3.42. The van der Waals surface area contributed by atoms with Crippen LogP contribution in [0, 0.1) is 5.41 Å². The van der Waals surface area contributed by atoms with Gasteiger partial charge in [-0.05, 0) is 61.8 Å². The van der Waals surface area contributed by atoms with Crippen molar-refractivity contribution in [2.75, 3.05) is 25.1 Å². The molecule has 1 unspecified atom stereocenters.